The minimum absolute atomic E-state index is 0.283. The molecule has 3 heteroatoms. The van der Waals surface area contributed by atoms with E-state index in [4.69, 9.17) is 4.74 Å². The van der Waals surface area contributed by atoms with Crippen LogP contribution in [-0.4, -0.2) is 12.6 Å². The Kier molecular flexibility index (Phi) is 6.77. The molecule has 0 radical (unpaired) electrons. The van der Waals surface area contributed by atoms with E-state index in [1.54, 1.807) is 6.92 Å². The van der Waals surface area contributed by atoms with Gasteiger partial charge < -0.3 is 4.74 Å². The molecule has 0 fully saturated rings. The molecule has 0 bridgehead atoms. The fraction of sp³-hybridized carbons (Fsp3) is 0.467. The number of unbranched alkanes of at least 4 members (excludes halogenated alkanes) is 3. The van der Waals surface area contributed by atoms with E-state index in [1.165, 1.54) is 0 Å². The third-order valence-corrected chi connectivity index (χ3v) is 2.67. The Labute approximate surface area is 109 Å². The summed E-state index contributed by atoms with van der Waals surface area (Å²) in [6, 6.07) is 6.10. The molecule has 1 aromatic rings. The summed E-state index contributed by atoms with van der Waals surface area (Å²) in [4.78, 5) is 11.1. The first-order valence-corrected chi connectivity index (χ1v) is 6.47. The molecule has 0 N–H and O–H groups in total. The van der Waals surface area contributed by atoms with Gasteiger partial charge in [0.05, 0.1) is 6.61 Å². The molecule has 0 saturated carbocycles. The summed E-state index contributed by atoms with van der Waals surface area (Å²) in [6.45, 7) is 6.76. The van der Waals surface area contributed by atoms with Gasteiger partial charge in [-0.2, -0.15) is 0 Å². The van der Waals surface area contributed by atoms with Gasteiger partial charge >= 0.3 is 5.97 Å². The van der Waals surface area contributed by atoms with E-state index < -0.39 is 0 Å². The summed E-state index contributed by atoms with van der Waals surface area (Å²) in [5.41, 5.74) is 0.468. The highest BCUT2D eigenvalue weighted by Crippen LogP contribution is 2.01. The van der Waals surface area contributed by atoms with Crippen molar-refractivity contribution < 1.29 is 14.1 Å². The second kappa shape index (κ2) is 8.45. The molecule has 98 valence electrons. The van der Waals surface area contributed by atoms with E-state index >= 15 is 0 Å². The van der Waals surface area contributed by atoms with Crippen molar-refractivity contribution in [2.24, 2.45) is 0 Å². The minimum Gasteiger partial charge on any atom is -0.462 e. The van der Waals surface area contributed by atoms with Crippen molar-refractivity contribution >= 4 is 5.97 Å². The molecule has 1 heterocycles. The standard InChI is InChI=1S/C15H22NO2/c1-14(2)15(17)18-13-9-4-3-6-10-16-11-7-5-8-12-16/h5,7-8,11-12H,1,3-4,6,9-10,13H2,2H3/q+1. The van der Waals surface area contributed by atoms with Crippen LogP contribution in [0, 0.1) is 0 Å². The lowest BCUT2D eigenvalue weighted by molar-refractivity contribution is -0.697. The second-order valence-electron chi connectivity index (χ2n) is 4.44. The molecule has 0 aliphatic heterocycles. The molecule has 18 heavy (non-hydrogen) atoms. The lowest BCUT2D eigenvalue weighted by Gasteiger charge is -2.03. The summed E-state index contributed by atoms with van der Waals surface area (Å²) in [7, 11) is 0. The van der Waals surface area contributed by atoms with E-state index in [0.717, 1.165) is 32.2 Å². The van der Waals surface area contributed by atoms with Crippen LogP contribution in [0.5, 0.6) is 0 Å². The van der Waals surface area contributed by atoms with Gasteiger partial charge in [-0.1, -0.05) is 12.6 Å². The Morgan fingerprint density at radius 3 is 2.44 bits per heavy atom. The molecule has 0 unspecified atom stereocenters. The van der Waals surface area contributed by atoms with Gasteiger partial charge in [-0.25, -0.2) is 9.36 Å². The van der Waals surface area contributed by atoms with Gasteiger partial charge in [-0.3, -0.25) is 0 Å². The van der Waals surface area contributed by atoms with E-state index in [0.29, 0.717) is 12.2 Å². The smallest absolute Gasteiger partial charge is 0.333 e. The van der Waals surface area contributed by atoms with Gasteiger partial charge in [-0.05, 0) is 26.2 Å². The zero-order valence-corrected chi connectivity index (χ0v) is 11.1. The maximum atomic E-state index is 11.1. The van der Waals surface area contributed by atoms with Crippen molar-refractivity contribution in [1.82, 2.24) is 0 Å². The number of ether oxygens (including phenoxy) is 1. The first kappa shape index (κ1) is 14.4. The fourth-order valence-electron chi connectivity index (χ4n) is 1.62. The van der Waals surface area contributed by atoms with Crippen LogP contribution in [0.4, 0.5) is 0 Å². The number of carbonyl (C=O) groups excluding carboxylic acids is 1. The number of rotatable bonds is 8. The molecule has 0 saturated heterocycles. The number of aromatic nitrogens is 1. The monoisotopic (exact) mass is 248 g/mol. The number of aryl methyl sites for hydroxylation is 1. The van der Waals surface area contributed by atoms with E-state index in [9.17, 15) is 4.79 Å². The van der Waals surface area contributed by atoms with Crippen LogP contribution >= 0.6 is 0 Å². The molecule has 1 aromatic heterocycles. The lowest BCUT2D eigenvalue weighted by atomic mass is 10.2. The highest BCUT2D eigenvalue weighted by Gasteiger charge is 2.02. The average molecular weight is 248 g/mol. The van der Waals surface area contributed by atoms with Gasteiger partial charge in [0.1, 0.15) is 6.54 Å². The topological polar surface area (TPSA) is 30.2 Å². The highest BCUT2D eigenvalue weighted by molar-refractivity contribution is 5.86. The van der Waals surface area contributed by atoms with Crippen LogP contribution in [0.3, 0.4) is 0 Å². The third-order valence-electron chi connectivity index (χ3n) is 2.67. The average Bonchev–Trinajstić information content (AvgIpc) is 2.38. The summed E-state index contributed by atoms with van der Waals surface area (Å²) >= 11 is 0. The predicted molar refractivity (Wildman–Crippen MR) is 70.9 cm³/mol. The Hall–Kier alpha value is -1.64. The Bertz CT molecular complexity index is 373. The Balaban J connectivity index is 1.96. The molecule has 3 nitrogen and oxygen atoms in total. The molecule has 0 atom stereocenters. The van der Waals surface area contributed by atoms with Crippen LogP contribution in [0.1, 0.15) is 32.6 Å². The van der Waals surface area contributed by atoms with Crippen molar-refractivity contribution in [2.75, 3.05) is 6.61 Å². The summed E-state index contributed by atoms with van der Waals surface area (Å²) < 4.78 is 7.21. The van der Waals surface area contributed by atoms with Crippen LogP contribution in [0.15, 0.2) is 42.7 Å². The van der Waals surface area contributed by atoms with Crippen molar-refractivity contribution in [2.45, 2.75) is 39.2 Å². The van der Waals surface area contributed by atoms with E-state index in [-0.39, 0.29) is 5.97 Å². The molecular formula is C15H22NO2+. The van der Waals surface area contributed by atoms with E-state index in [2.05, 4.69) is 23.5 Å². The molecule has 0 aliphatic rings. The predicted octanol–water partition coefficient (Wildman–Crippen LogP) is 2.65. The number of esters is 1. The normalized spacial score (nSPS) is 10.1. The Morgan fingerprint density at radius 2 is 1.78 bits per heavy atom. The van der Waals surface area contributed by atoms with Crippen molar-refractivity contribution in [3.63, 3.8) is 0 Å². The van der Waals surface area contributed by atoms with Crippen LogP contribution < -0.4 is 4.57 Å². The van der Waals surface area contributed by atoms with Crippen LogP contribution in [0.25, 0.3) is 0 Å². The minimum atomic E-state index is -0.283. The largest absolute Gasteiger partial charge is 0.462 e. The van der Waals surface area contributed by atoms with Crippen molar-refractivity contribution in [3.05, 3.63) is 42.7 Å². The molecule has 1 rings (SSSR count). The highest BCUT2D eigenvalue weighted by atomic mass is 16.5. The SMILES string of the molecule is C=C(C)C(=O)OCCCCCC[n+]1ccccc1. The lowest BCUT2D eigenvalue weighted by Crippen LogP contribution is -2.32. The van der Waals surface area contributed by atoms with E-state index in [1.807, 2.05) is 18.2 Å². The van der Waals surface area contributed by atoms with Gasteiger partial charge in [0, 0.05) is 24.1 Å². The molecular weight excluding hydrogens is 226 g/mol. The molecule has 0 spiro atoms. The number of pyridine rings is 1. The zero-order valence-electron chi connectivity index (χ0n) is 11.1. The van der Waals surface area contributed by atoms with Gasteiger partial charge in [0.2, 0.25) is 0 Å². The first-order valence-electron chi connectivity index (χ1n) is 6.47. The number of nitrogens with zero attached hydrogens (tertiary/aromatic N) is 1. The van der Waals surface area contributed by atoms with Gasteiger partial charge in [-0.15, -0.1) is 0 Å². The van der Waals surface area contributed by atoms with Gasteiger partial charge in [0.15, 0.2) is 12.4 Å². The summed E-state index contributed by atoms with van der Waals surface area (Å²) in [5.74, 6) is -0.283. The maximum Gasteiger partial charge on any atom is 0.333 e. The Morgan fingerprint density at radius 1 is 1.11 bits per heavy atom. The molecule has 0 aliphatic carbocycles. The number of carbonyl (C=O) groups is 1. The van der Waals surface area contributed by atoms with Crippen molar-refractivity contribution in [3.8, 4) is 0 Å². The quantitative estimate of drug-likeness (QED) is 0.306. The zero-order chi connectivity index (χ0) is 13.2. The second-order valence-corrected chi connectivity index (χ2v) is 4.44. The molecule has 0 amide bonds. The molecule has 0 aromatic carbocycles. The van der Waals surface area contributed by atoms with Crippen LogP contribution in [-0.2, 0) is 16.1 Å². The van der Waals surface area contributed by atoms with Crippen LogP contribution in [0.2, 0.25) is 0 Å². The fourth-order valence-corrected chi connectivity index (χ4v) is 1.62. The number of hydrogen-bond donors (Lipinski definition) is 0. The van der Waals surface area contributed by atoms with Gasteiger partial charge in [0.25, 0.3) is 0 Å². The summed E-state index contributed by atoms with van der Waals surface area (Å²) in [6.07, 6.45) is 8.49. The van der Waals surface area contributed by atoms with Crippen molar-refractivity contribution in [1.29, 1.82) is 0 Å². The number of hydrogen-bond acceptors (Lipinski definition) is 2. The third kappa shape index (κ3) is 6.18. The first-order chi connectivity index (χ1) is 8.70. The maximum absolute atomic E-state index is 11.1. The summed E-state index contributed by atoms with van der Waals surface area (Å²) in [5, 5.41) is 0.